The number of rotatable bonds is 11. The van der Waals surface area contributed by atoms with Gasteiger partial charge in [-0.15, -0.1) is 0 Å². The molecule has 14 heteroatoms. The van der Waals surface area contributed by atoms with Crippen LogP contribution in [0.5, 0.6) is 11.5 Å². The van der Waals surface area contributed by atoms with Crippen LogP contribution in [0.25, 0.3) is 0 Å². The van der Waals surface area contributed by atoms with Crippen molar-refractivity contribution < 1.29 is 49.1 Å². The van der Waals surface area contributed by atoms with Crippen LogP contribution in [-0.4, -0.2) is 132 Å². The molecule has 0 fully saturated rings. The number of ether oxygens (including phenoxy) is 2. The van der Waals surface area contributed by atoms with Crippen LogP contribution in [0.4, 0.5) is 9.59 Å². The van der Waals surface area contributed by atoms with Crippen LogP contribution >= 0.6 is 0 Å². The Morgan fingerprint density at radius 1 is 0.630 bits per heavy atom. The second-order valence-electron chi connectivity index (χ2n) is 10.8. The Morgan fingerprint density at radius 3 is 1.17 bits per heavy atom. The van der Waals surface area contributed by atoms with E-state index in [0.717, 1.165) is 11.1 Å². The number of carboxylic acid groups (broad SMARTS) is 2. The minimum Gasteiger partial charge on any atom is -0.479 e. The molecule has 0 aliphatic rings. The van der Waals surface area contributed by atoms with Crippen molar-refractivity contribution in [2.75, 3.05) is 55.4 Å². The van der Waals surface area contributed by atoms with E-state index >= 15 is 0 Å². The fourth-order valence-electron chi connectivity index (χ4n) is 3.16. The monoisotopic (exact) mass is 650 g/mol. The number of benzene rings is 2. The van der Waals surface area contributed by atoms with Crippen LogP contribution in [-0.2, 0) is 9.59 Å². The zero-order valence-corrected chi connectivity index (χ0v) is 28.4. The molecule has 0 spiro atoms. The smallest absolute Gasteiger partial charge is 0.414 e. The number of aliphatic carboxylic acids is 2. The number of carboxylic acids is 2. The van der Waals surface area contributed by atoms with Gasteiger partial charge in [-0.2, -0.15) is 0 Å². The van der Waals surface area contributed by atoms with Gasteiger partial charge in [0, 0.05) is 39.3 Å². The van der Waals surface area contributed by atoms with Crippen LogP contribution in [0.3, 0.4) is 0 Å². The van der Waals surface area contributed by atoms with Gasteiger partial charge >= 0.3 is 24.1 Å². The molecule has 0 aromatic heterocycles. The van der Waals surface area contributed by atoms with Crippen molar-refractivity contribution in [3.05, 3.63) is 59.7 Å². The summed E-state index contributed by atoms with van der Waals surface area (Å²) in [7, 11) is 11.5. The molecule has 0 saturated carbocycles. The standard InChI is InChI=1S/2C14H22N2O2.C4H6O6/c2*1-6-16(5)14(17)18-13-9-7-8-12(10-13)11(2)15(3)4;5-1(3(7)8)2(6)4(9)10/h2*7-11H,6H2,1-5H3;1-2,5-6H,(H,7,8)(H,9,10)/t2*11-;/m00./s1. The van der Waals surface area contributed by atoms with Gasteiger partial charge in [0.15, 0.2) is 12.2 Å². The van der Waals surface area contributed by atoms with Crippen LogP contribution in [0.15, 0.2) is 48.5 Å². The molecule has 0 heterocycles. The van der Waals surface area contributed by atoms with Crippen LogP contribution in [0, 0.1) is 0 Å². The first kappa shape index (κ1) is 41.8. The molecule has 0 aliphatic heterocycles. The summed E-state index contributed by atoms with van der Waals surface area (Å²) >= 11 is 0. The maximum absolute atomic E-state index is 11.7. The lowest BCUT2D eigenvalue weighted by atomic mass is 10.1. The number of aliphatic hydroxyl groups is 2. The molecule has 2 amide bonds. The third kappa shape index (κ3) is 14.7. The minimum atomic E-state index is -2.27. The highest BCUT2D eigenvalue weighted by atomic mass is 16.6. The lowest BCUT2D eigenvalue weighted by Crippen LogP contribution is -2.39. The van der Waals surface area contributed by atoms with E-state index in [-0.39, 0.29) is 24.3 Å². The predicted molar refractivity (Wildman–Crippen MR) is 173 cm³/mol. The Labute approximate surface area is 271 Å². The number of amides is 2. The normalized spacial score (nSPS) is 13.1. The summed E-state index contributed by atoms with van der Waals surface area (Å²) in [6, 6.07) is 15.9. The Bertz CT molecular complexity index is 1160. The number of nitrogens with zero attached hydrogens (tertiary/aromatic N) is 4. The second-order valence-corrected chi connectivity index (χ2v) is 10.8. The largest absolute Gasteiger partial charge is 0.479 e. The molecule has 2 aromatic carbocycles. The average Bonchev–Trinajstić information content (AvgIpc) is 3.02. The highest BCUT2D eigenvalue weighted by Crippen LogP contribution is 2.23. The van der Waals surface area contributed by atoms with Crippen molar-refractivity contribution in [1.82, 2.24) is 19.6 Å². The van der Waals surface area contributed by atoms with Crippen molar-refractivity contribution in [2.24, 2.45) is 0 Å². The quantitative estimate of drug-likeness (QED) is 0.279. The zero-order chi connectivity index (χ0) is 35.7. The van der Waals surface area contributed by atoms with E-state index in [0.29, 0.717) is 24.6 Å². The number of hydrogen-bond acceptors (Lipinski definition) is 10. The van der Waals surface area contributed by atoms with Crippen molar-refractivity contribution in [3.63, 3.8) is 0 Å². The molecular weight excluding hydrogens is 600 g/mol. The average molecular weight is 651 g/mol. The molecule has 46 heavy (non-hydrogen) atoms. The van der Waals surface area contributed by atoms with Gasteiger partial charge < -0.3 is 49.5 Å². The molecule has 0 aliphatic carbocycles. The van der Waals surface area contributed by atoms with Gasteiger partial charge in [-0.05, 0) is 91.3 Å². The highest BCUT2D eigenvalue weighted by molar-refractivity contribution is 5.83. The van der Waals surface area contributed by atoms with Gasteiger partial charge in [-0.1, -0.05) is 24.3 Å². The first-order valence-electron chi connectivity index (χ1n) is 14.6. The third-order valence-electron chi connectivity index (χ3n) is 7.02. The number of aliphatic hydroxyl groups excluding tert-OH is 2. The van der Waals surface area contributed by atoms with Crippen molar-refractivity contribution in [3.8, 4) is 11.5 Å². The molecule has 0 saturated heterocycles. The summed E-state index contributed by atoms with van der Waals surface area (Å²) in [5, 5.41) is 32.5. The third-order valence-corrected chi connectivity index (χ3v) is 7.02. The lowest BCUT2D eigenvalue weighted by Gasteiger charge is -2.21. The summed E-state index contributed by atoms with van der Waals surface area (Å²) in [6.45, 7) is 9.30. The molecular formula is C32H50N4O10. The molecule has 2 aromatic rings. The molecule has 2 rings (SSSR count). The Kier molecular flexibility index (Phi) is 18.8. The molecule has 2 unspecified atom stereocenters. The van der Waals surface area contributed by atoms with Gasteiger partial charge in [-0.25, -0.2) is 19.2 Å². The summed E-state index contributed by atoms with van der Waals surface area (Å²) in [4.78, 5) is 50.1. The van der Waals surface area contributed by atoms with E-state index in [9.17, 15) is 19.2 Å². The van der Waals surface area contributed by atoms with E-state index in [1.807, 2.05) is 78.4 Å². The van der Waals surface area contributed by atoms with Gasteiger partial charge in [0.2, 0.25) is 0 Å². The van der Waals surface area contributed by atoms with Crippen LogP contribution in [0.1, 0.15) is 50.9 Å². The van der Waals surface area contributed by atoms with E-state index in [2.05, 4.69) is 23.6 Å². The van der Waals surface area contributed by atoms with Crippen molar-refractivity contribution >= 4 is 24.1 Å². The Balaban J connectivity index is 0.000000691. The van der Waals surface area contributed by atoms with E-state index in [4.69, 9.17) is 29.9 Å². The lowest BCUT2D eigenvalue weighted by molar-refractivity contribution is -0.165. The fraction of sp³-hybridized carbons (Fsp3) is 0.500. The molecule has 14 nitrogen and oxygen atoms in total. The SMILES string of the molecule is CCN(C)C(=O)Oc1cccc([C@H](C)N(C)C)c1.CCN(C)C(=O)Oc1cccc([C@H](C)N(C)C)c1.O=C(O)C(O)C(O)C(=O)O. The maximum Gasteiger partial charge on any atom is 0.414 e. The van der Waals surface area contributed by atoms with Gasteiger partial charge in [0.25, 0.3) is 0 Å². The number of carbonyl (C=O) groups is 4. The Hall–Kier alpha value is -4.24. The van der Waals surface area contributed by atoms with Gasteiger partial charge in [0.05, 0.1) is 0 Å². The van der Waals surface area contributed by atoms with Crippen LogP contribution < -0.4 is 9.47 Å². The molecule has 4 N–H and O–H groups in total. The fourth-order valence-corrected chi connectivity index (χ4v) is 3.16. The van der Waals surface area contributed by atoms with E-state index in [1.165, 1.54) is 9.80 Å². The molecule has 4 atom stereocenters. The molecule has 0 bridgehead atoms. The van der Waals surface area contributed by atoms with Crippen molar-refractivity contribution in [2.45, 2.75) is 52.0 Å². The van der Waals surface area contributed by atoms with Crippen molar-refractivity contribution in [1.29, 1.82) is 0 Å². The number of hydrogen-bond donors (Lipinski definition) is 4. The summed E-state index contributed by atoms with van der Waals surface area (Å²) in [5.74, 6) is -2.36. The first-order valence-corrected chi connectivity index (χ1v) is 14.6. The summed E-state index contributed by atoms with van der Waals surface area (Å²) in [5.41, 5.74) is 2.26. The summed E-state index contributed by atoms with van der Waals surface area (Å²) in [6.07, 6.45) is -5.19. The highest BCUT2D eigenvalue weighted by Gasteiger charge is 2.29. The molecule has 258 valence electrons. The van der Waals surface area contributed by atoms with E-state index in [1.54, 1.807) is 26.2 Å². The summed E-state index contributed by atoms with van der Waals surface area (Å²) < 4.78 is 10.6. The van der Waals surface area contributed by atoms with Crippen LogP contribution in [0.2, 0.25) is 0 Å². The second kappa shape index (κ2) is 20.7. The predicted octanol–water partition coefficient (Wildman–Crippen LogP) is 3.40. The Morgan fingerprint density at radius 2 is 0.935 bits per heavy atom. The number of carbonyl (C=O) groups excluding carboxylic acids is 2. The van der Waals surface area contributed by atoms with Gasteiger partial charge in [0.1, 0.15) is 11.5 Å². The zero-order valence-electron chi connectivity index (χ0n) is 28.4. The maximum atomic E-state index is 11.7. The molecule has 0 radical (unpaired) electrons. The van der Waals surface area contributed by atoms with Gasteiger partial charge in [-0.3, -0.25) is 0 Å². The topological polar surface area (TPSA) is 181 Å². The first-order chi connectivity index (χ1) is 21.4. The van der Waals surface area contributed by atoms with E-state index < -0.39 is 24.1 Å². The minimum absolute atomic E-state index is 0.285.